The van der Waals surface area contributed by atoms with E-state index >= 15 is 0 Å². The topological polar surface area (TPSA) is 46.4 Å². The van der Waals surface area contributed by atoms with Crippen molar-refractivity contribution in [1.29, 1.82) is 0 Å². The van der Waals surface area contributed by atoms with Gasteiger partial charge in [-0.15, -0.1) is 0 Å². The Hall–Kier alpha value is -1.58. The van der Waals surface area contributed by atoms with E-state index in [0.29, 0.717) is 5.69 Å². The molecule has 0 bridgehead atoms. The highest BCUT2D eigenvalue weighted by Crippen LogP contribution is 2.41. The molecule has 0 aromatic heterocycles. The minimum absolute atomic E-state index is 0.157. The third kappa shape index (κ3) is 2.07. The van der Waals surface area contributed by atoms with Gasteiger partial charge in [-0.3, -0.25) is 10.1 Å². The average molecular weight is 274 g/mol. The normalized spacial score (nSPS) is 20.8. The molecule has 4 nitrogen and oxygen atoms in total. The lowest BCUT2D eigenvalue weighted by molar-refractivity contribution is -0.385. The smallest absolute Gasteiger partial charge is 0.273 e. The molecule has 1 aliphatic heterocycles. The number of nitro groups is 1. The monoisotopic (exact) mass is 274 g/mol. The van der Waals surface area contributed by atoms with Gasteiger partial charge in [-0.05, 0) is 64.0 Å². The molecule has 1 heterocycles. The molecule has 1 fully saturated rings. The molecule has 0 N–H and O–H groups in total. The summed E-state index contributed by atoms with van der Waals surface area (Å²) in [5, 5.41) is 11.2. The predicted molar refractivity (Wildman–Crippen MR) is 80.4 cm³/mol. The van der Waals surface area contributed by atoms with Gasteiger partial charge in [0.25, 0.3) is 5.69 Å². The first-order chi connectivity index (χ1) is 9.50. The van der Waals surface area contributed by atoms with Crippen LogP contribution in [-0.2, 0) is 12.8 Å². The summed E-state index contributed by atoms with van der Waals surface area (Å²) < 4.78 is 0. The van der Waals surface area contributed by atoms with Crippen LogP contribution in [0.15, 0.2) is 12.1 Å². The van der Waals surface area contributed by atoms with Crippen LogP contribution in [0.1, 0.15) is 50.7 Å². The standard InChI is InChI=1S/C16H22N2O2/c1-16(2)10-3-4-11-17(16)14-8-9-15(18(19)20)13-7-5-6-12(13)14/h8-9H,3-7,10-11H2,1-2H3. The molecule has 108 valence electrons. The third-order valence-electron chi connectivity index (χ3n) is 4.87. The van der Waals surface area contributed by atoms with E-state index in [1.807, 2.05) is 6.07 Å². The summed E-state index contributed by atoms with van der Waals surface area (Å²) in [6, 6.07) is 3.69. The molecule has 2 aliphatic rings. The number of anilines is 1. The lowest BCUT2D eigenvalue weighted by Gasteiger charge is -2.45. The minimum Gasteiger partial charge on any atom is -0.366 e. The van der Waals surface area contributed by atoms with E-state index in [9.17, 15) is 10.1 Å². The molecular formula is C16H22N2O2. The lowest BCUT2D eigenvalue weighted by atomic mass is 9.88. The van der Waals surface area contributed by atoms with Crippen LogP contribution in [0.2, 0.25) is 0 Å². The second kappa shape index (κ2) is 4.76. The van der Waals surface area contributed by atoms with Gasteiger partial charge in [-0.25, -0.2) is 0 Å². The molecule has 1 aromatic rings. The van der Waals surface area contributed by atoms with Gasteiger partial charge in [0.1, 0.15) is 0 Å². The van der Waals surface area contributed by atoms with Gasteiger partial charge < -0.3 is 4.90 Å². The van der Waals surface area contributed by atoms with Crippen LogP contribution in [0.4, 0.5) is 11.4 Å². The number of rotatable bonds is 2. The van der Waals surface area contributed by atoms with Crippen molar-refractivity contribution in [3.8, 4) is 0 Å². The summed E-state index contributed by atoms with van der Waals surface area (Å²) in [5.41, 5.74) is 3.93. The SMILES string of the molecule is CC1(C)CCCCN1c1ccc([N+](=O)[O-])c2c1CCC2. The Morgan fingerprint density at radius 2 is 1.90 bits per heavy atom. The van der Waals surface area contributed by atoms with Crippen molar-refractivity contribution in [2.75, 3.05) is 11.4 Å². The van der Waals surface area contributed by atoms with Crippen molar-refractivity contribution in [2.24, 2.45) is 0 Å². The molecular weight excluding hydrogens is 252 g/mol. The fraction of sp³-hybridized carbons (Fsp3) is 0.625. The highest BCUT2D eigenvalue weighted by molar-refractivity contribution is 5.65. The van der Waals surface area contributed by atoms with Crippen LogP contribution >= 0.6 is 0 Å². The summed E-state index contributed by atoms with van der Waals surface area (Å²) in [6.07, 6.45) is 6.57. The van der Waals surface area contributed by atoms with E-state index in [1.54, 1.807) is 6.07 Å². The molecule has 0 radical (unpaired) electrons. The van der Waals surface area contributed by atoms with Crippen molar-refractivity contribution < 1.29 is 4.92 Å². The van der Waals surface area contributed by atoms with Crippen LogP contribution in [0.5, 0.6) is 0 Å². The van der Waals surface area contributed by atoms with Gasteiger partial charge in [-0.1, -0.05) is 0 Å². The Kier molecular flexibility index (Phi) is 3.19. The summed E-state index contributed by atoms with van der Waals surface area (Å²) in [7, 11) is 0. The van der Waals surface area contributed by atoms with E-state index < -0.39 is 0 Å². The summed E-state index contributed by atoms with van der Waals surface area (Å²) in [6.45, 7) is 5.64. The second-order valence-corrected chi connectivity index (χ2v) is 6.59. The molecule has 20 heavy (non-hydrogen) atoms. The van der Waals surface area contributed by atoms with Crippen LogP contribution in [0, 0.1) is 10.1 Å². The molecule has 0 amide bonds. The first-order valence-electron chi connectivity index (χ1n) is 7.57. The maximum Gasteiger partial charge on any atom is 0.273 e. The number of fused-ring (bicyclic) bond motifs is 1. The average Bonchev–Trinajstić information content (AvgIpc) is 2.86. The fourth-order valence-corrected chi connectivity index (χ4v) is 3.80. The van der Waals surface area contributed by atoms with Gasteiger partial charge in [0, 0.05) is 29.4 Å². The second-order valence-electron chi connectivity index (χ2n) is 6.59. The summed E-state index contributed by atoms with van der Waals surface area (Å²) in [4.78, 5) is 13.4. The third-order valence-corrected chi connectivity index (χ3v) is 4.87. The number of nitro benzene ring substituents is 1. The Balaban J connectivity index is 2.07. The number of hydrogen-bond acceptors (Lipinski definition) is 3. The van der Waals surface area contributed by atoms with E-state index in [-0.39, 0.29) is 10.5 Å². The van der Waals surface area contributed by atoms with Gasteiger partial charge in [0.05, 0.1) is 4.92 Å². The Morgan fingerprint density at radius 1 is 1.15 bits per heavy atom. The maximum atomic E-state index is 11.2. The van der Waals surface area contributed by atoms with Crippen molar-refractivity contribution in [1.82, 2.24) is 0 Å². The van der Waals surface area contributed by atoms with Crippen LogP contribution in [-0.4, -0.2) is 17.0 Å². The van der Waals surface area contributed by atoms with Crippen molar-refractivity contribution in [2.45, 2.75) is 57.9 Å². The zero-order chi connectivity index (χ0) is 14.3. The number of benzene rings is 1. The van der Waals surface area contributed by atoms with E-state index in [0.717, 1.165) is 31.4 Å². The summed E-state index contributed by atoms with van der Waals surface area (Å²) in [5.74, 6) is 0. The van der Waals surface area contributed by atoms with Crippen molar-refractivity contribution in [3.05, 3.63) is 33.4 Å². The number of piperidine rings is 1. The van der Waals surface area contributed by atoms with Gasteiger partial charge in [-0.2, -0.15) is 0 Å². The molecule has 0 saturated carbocycles. The molecule has 0 unspecified atom stereocenters. The first-order valence-corrected chi connectivity index (χ1v) is 7.57. The largest absolute Gasteiger partial charge is 0.366 e. The van der Waals surface area contributed by atoms with E-state index in [1.165, 1.54) is 30.5 Å². The molecule has 4 heteroatoms. The van der Waals surface area contributed by atoms with Crippen LogP contribution < -0.4 is 4.90 Å². The van der Waals surface area contributed by atoms with Crippen LogP contribution in [0.25, 0.3) is 0 Å². The van der Waals surface area contributed by atoms with Gasteiger partial charge >= 0.3 is 0 Å². The molecule has 0 atom stereocenters. The Bertz CT molecular complexity index is 552. The fourth-order valence-electron chi connectivity index (χ4n) is 3.80. The predicted octanol–water partition coefficient (Wildman–Crippen LogP) is 3.85. The van der Waals surface area contributed by atoms with Gasteiger partial charge in [0.15, 0.2) is 0 Å². The zero-order valence-corrected chi connectivity index (χ0v) is 12.3. The number of hydrogen-bond donors (Lipinski definition) is 0. The number of nitrogens with zero attached hydrogens (tertiary/aromatic N) is 2. The molecule has 1 aromatic carbocycles. The minimum atomic E-state index is -0.227. The first kappa shape index (κ1) is 13.4. The molecule has 3 rings (SSSR count). The highest BCUT2D eigenvalue weighted by Gasteiger charge is 2.34. The maximum absolute atomic E-state index is 11.2. The van der Waals surface area contributed by atoms with E-state index in [2.05, 4.69) is 18.7 Å². The summed E-state index contributed by atoms with van der Waals surface area (Å²) >= 11 is 0. The quantitative estimate of drug-likeness (QED) is 0.608. The van der Waals surface area contributed by atoms with E-state index in [4.69, 9.17) is 0 Å². The Labute approximate surface area is 119 Å². The van der Waals surface area contributed by atoms with Crippen LogP contribution in [0.3, 0.4) is 0 Å². The van der Waals surface area contributed by atoms with Gasteiger partial charge in [0.2, 0.25) is 0 Å². The Morgan fingerprint density at radius 3 is 2.60 bits per heavy atom. The van der Waals surface area contributed by atoms with Crippen molar-refractivity contribution in [3.63, 3.8) is 0 Å². The highest BCUT2D eigenvalue weighted by atomic mass is 16.6. The molecule has 0 spiro atoms. The van der Waals surface area contributed by atoms with Crippen molar-refractivity contribution >= 4 is 11.4 Å². The lowest BCUT2D eigenvalue weighted by Crippen LogP contribution is -2.48. The molecule has 1 aliphatic carbocycles. The molecule has 1 saturated heterocycles. The zero-order valence-electron chi connectivity index (χ0n) is 12.3.